The third kappa shape index (κ3) is 2.41. The molecule has 0 unspecified atom stereocenters. The smallest absolute Gasteiger partial charge is 0.322 e. The number of anilines is 1. The first-order chi connectivity index (χ1) is 9.65. The van der Waals surface area contributed by atoms with E-state index in [4.69, 9.17) is 11.6 Å². The Hall–Kier alpha value is -1.86. The topological polar surface area (TPSA) is 77.1 Å². The van der Waals surface area contributed by atoms with Gasteiger partial charge in [0, 0.05) is 32.4 Å². The van der Waals surface area contributed by atoms with Crippen LogP contribution in [0.4, 0.5) is 10.5 Å². The van der Waals surface area contributed by atoms with E-state index >= 15 is 0 Å². The highest BCUT2D eigenvalue weighted by Crippen LogP contribution is 2.29. The SMILES string of the molecule is CN1CCN(C(=O)Nc2c(Cl)[nH]c3ncncc23)CC1. The predicted molar refractivity (Wildman–Crippen MR) is 77.0 cm³/mol. The summed E-state index contributed by atoms with van der Waals surface area (Å²) < 4.78 is 0. The van der Waals surface area contributed by atoms with Crippen LogP contribution in [0.25, 0.3) is 11.0 Å². The van der Waals surface area contributed by atoms with Gasteiger partial charge >= 0.3 is 6.03 Å². The molecular weight excluding hydrogens is 280 g/mol. The molecule has 0 aliphatic carbocycles. The van der Waals surface area contributed by atoms with E-state index in [0.29, 0.717) is 35.0 Å². The number of nitrogens with zero attached hydrogens (tertiary/aromatic N) is 4. The van der Waals surface area contributed by atoms with Gasteiger partial charge in [0.1, 0.15) is 17.1 Å². The molecule has 0 bridgehead atoms. The van der Waals surface area contributed by atoms with E-state index in [2.05, 4.69) is 25.2 Å². The van der Waals surface area contributed by atoms with Gasteiger partial charge in [0.05, 0.1) is 11.1 Å². The van der Waals surface area contributed by atoms with Crippen molar-refractivity contribution in [3.05, 3.63) is 17.7 Å². The number of carbonyl (C=O) groups excluding carboxylic acids is 1. The van der Waals surface area contributed by atoms with Crippen LogP contribution in [0.2, 0.25) is 5.15 Å². The van der Waals surface area contributed by atoms with E-state index in [9.17, 15) is 4.79 Å². The number of carbonyl (C=O) groups is 1. The monoisotopic (exact) mass is 294 g/mol. The van der Waals surface area contributed by atoms with Gasteiger partial charge in [0.15, 0.2) is 0 Å². The molecule has 106 valence electrons. The first-order valence-electron chi connectivity index (χ1n) is 6.37. The quantitative estimate of drug-likeness (QED) is 0.833. The molecule has 2 aromatic heterocycles. The molecule has 0 radical (unpaired) electrons. The zero-order chi connectivity index (χ0) is 14.1. The number of fused-ring (bicyclic) bond motifs is 1. The number of aromatic amines is 1. The highest BCUT2D eigenvalue weighted by Gasteiger charge is 2.21. The fourth-order valence-corrected chi connectivity index (χ4v) is 2.45. The molecule has 0 saturated carbocycles. The minimum atomic E-state index is -0.148. The predicted octanol–water partition coefficient (Wildman–Crippen LogP) is 1.39. The molecule has 0 aromatic carbocycles. The second-order valence-electron chi connectivity index (χ2n) is 4.82. The second kappa shape index (κ2) is 5.26. The summed E-state index contributed by atoms with van der Waals surface area (Å²) in [5.41, 5.74) is 1.14. The van der Waals surface area contributed by atoms with E-state index in [1.807, 2.05) is 7.05 Å². The van der Waals surface area contributed by atoms with E-state index in [1.54, 1.807) is 11.1 Å². The van der Waals surface area contributed by atoms with Crippen LogP contribution in [0.1, 0.15) is 0 Å². The van der Waals surface area contributed by atoms with Gasteiger partial charge in [-0.15, -0.1) is 0 Å². The van der Waals surface area contributed by atoms with Crippen molar-refractivity contribution in [1.29, 1.82) is 0 Å². The lowest BCUT2D eigenvalue weighted by atomic mass is 10.3. The Labute approximate surface area is 120 Å². The van der Waals surface area contributed by atoms with Crippen LogP contribution in [-0.2, 0) is 0 Å². The Morgan fingerprint density at radius 1 is 1.40 bits per heavy atom. The number of amides is 2. The molecule has 1 fully saturated rings. The number of hydrogen-bond donors (Lipinski definition) is 2. The number of aromatic nitrogens is 3. The van der Waals surface area contributed by atoms with E-state index < -0.39 is 0 Å². The summed E-state index contributed by atoms with van der Waals surface area (Å²) in [6.07, 6.45) is 3.06. The lowest BCUT2D eigenvalue weighted by Crippen LogP contribution is -2.48. The third-order valence-electron chi connectivity index (χ3n) is 3.45. The summed E-state index contributed by atoms with van der Waals surface area (Å²) in [6.45, 7) is 3.16. The van der Waals surface area contributed by atoms with Gasteiger partial charge in [0.25, 0.3) is 0 Å². The zero-order valence-corrected chi connectivity index (χ0v) is 11.8. The second-order valence-corrected chi connectivity index (χ2v) is 5.20. The van der Waals surface area contributed by atoms with Gasteiger partial charge in [-0.2, -0.15) is 0 Å². The van der Waals surface area contributed by atoms with Crippen molar-refractivity contribution in [2.75, 3.05) is 38.5 Å². The number of halogens is 1. The fraction of sp³-hybridized carbons (Fsp3) is 0.417. The van der Waals surface area contributed by atoms with Gasteiger partial charge in [-0.25, -0.2) is 14.8 Å². The van der Waals surface area contributed by atoms with Crippen LogP contribution in [0.5, 0.6) is 0 Å². The van der Waals surface area contributed by atoms with Crippen molar-refractivity contribution in [3.8, 4) is 0 Å². The molecule has 0 atom stereocenters. The molecule has 20 heavy (non-hydrogen) atoms. The minimum absolute atomic E-state index is 0.148. The highest BCUT2D eigenvalue weighted by molar-refractivity contribution is 6.34. The lowest BCUT2D eigenvalue weighted by molar-refractivity contribution is 0.164. The molecular formula is C12H15ClN6O. The molecule has 3 heterocycles. The Morgan fingerprint density at radius 3 is 2.90 bits per heavy atom. The highest BCUT2D eigenvalue weighted by atomic mass is 35.5. The van der Waals surface area contributed by atoms with Gasteiger partial charge in [-0.1, -0.05) is 11.6 Å². The number of likely N-dealkylation sites (N-methyl/N-ethyl adjacent to an activating group) is 1. The zero-order valence-electron chi connectivity index (χ0n) is 11.1. The Balaban J connectivity index is 1.79. The number of hydrogen-bond acceptors (Lipinski definition) is 4. The standard InChI is InChI=1S/C12H15ClN6O/c1-18-2-4-19(5-3-18)12(20)16-9-8-6-14-7-15-11(8)17-10(9)13/h6-7H,2-5H2,1H3,(H,16,20)(H,14,15,17). The van der Waals surface area contributed by atoms with Crippen LogP contribution in [-0.4, -0.2) is 64.0 Å². The van der Waals surface area contributed by atoms with Crippen LogP contribution in [0.3, 0.4) is 0 Å². The summed E-state index contributed by atoms with van der Waals surface area (Å²) in [5.74, 6) is 0. The van der Waals surface area contributed by atoms with E-state index in [-0.39, 0.29) is 6.03 Å². The number of H-pyrrole nitrogens is 1. The summed E-state index contributed by atoms with van der Waals surface area (Å²) in [4.78, 5) is 27.2. The maximum Gasteiger partial charge on any atom is 0.322 e. The van der Waals surface area contributed by atoms with E-state index in [0.717, 1.165) is 13.1 Å². The molecule has 3 rings (SSSR count). The molecule has 8 heteroatoms. The maximum atomic E-state index is 12.3. The molecule has 0 spiro atoms. The van der Waals surface area contributed by atoms with Crippen molar-refractivity contribution >= 4 is 34.4 Å². The first-order valence-corrected chi connectivity index (χ1v) is 6.74. The Kier molecular flexibility index (Phi) is 3.45. The molecule has 7 nitrogen and oxygen atoms in total. The van der Waals surface area contributed by atoms with Crippen molar-refractivity contribution in [1.82, 2.24) is 24.8 Å². The van der Waals surface area contributed by atoms with Gasteiger partial charge in [-0.05, 0) is 7.05 Å². The van der Waals surface area contributed by atoms with Gasteiger partial charge in [0.2, 0.25) is 0 Å². The van der Waals surface area contributed by atoms with Crippen LogP contribution < -0.4 is 5.32 Å². The number of nitrogens with one attached hydrogen (secondary N) is 2. The van der Waals surface area contributed by atoms with Crippen LogP contribution in [0.15, 0.2) is 12.5 Å². The van der Waals surface area contributed by atoms with Crippen molar-refractivity contribution in [2.24, 2.45) is 0 Å². The van der Waals surface area contributed by atoms with Crippen molar-refractivity contribution < 1.29 is 4.79 Å². The molecule has 1 aliphatic rings. The number of urea groups is 1. The summed E-state index contributed by atoms with van der Waals surface area (Å²) in [7, 11) is 2.04. The fourth-order valence-electron chi connectivity index (χ4n) is 2.21. The number of rotatable bonds is 1. The summed E-state index contributed by atoms with van der Waals surface area (Å²) in [6, 6.07) is -0.148. The summed E-state index contributed by atoms with van der Waals surface area (Å²) in [5, 5.41) is 3.92. The van der Waals surface area contributed by atoms with Gasteiger partial charge in [-0.3, -0.25) is 0 Å². The average molecular weight is 295 g/mol. The molecule has 2 aromatic rings. The molecule has 2 amide bonds. The van der Waals surface area contributed by atoms with Crippen LogP contribution in [0, 0.1) is 0 Å². The largest absolute Gasteiger partial charge is 0.328 e. The molecule has 1 aliphatic heterocycles. The normalized spacial score (nSPS) is 16.6. The Bertz CT molecular complexity index is 634. The molecule has 1 saturated heterocycles. The summed E-state index contributed by atoms with van der Waals surface area (Å²) >= 11 is 6.11. The maximum absolute atomic E-state index is 12.3. The van der Waals surface area contributed by atoms with Crippen molar-refractivity contribution in [3.63, 3.8) is 0 Å². The minimum Gasteiger partial charge on any atom is -0.328 e. The lowest BCUT2D eigenvalue weighted by Gasteiger charge is -2.32. The third-order valence-corrected chi connectivity index (χ3v) is 3.74. The van der Waals surface area contributed by atoms with Gasteiger partial charge < -0.3 is 20.1 Å². The van der Waals surface area contributed by atoms with Crippen molar-refractivity contribution in [2.45, 2.75) is 0 Å². The average Bonchev–Trinajstić information content (AvgIpc) is 2.76. The Morgan fingerprint density at radius 2 is 2.15 bits per heavy atom. The number of piperazine rings is 1. The van der Waals surface area contributed by atoms with E-state index in [1.165, 1.54) is 6.33 Å². The molecule has 2 N–H and O–H groups in total. The van der Waals surface area contributed by atoms with Crippen LogP contribution >= 0.6 is 11.6 Å². The first kappa shape index (κ1) is 13.1.